The van der Waals surface area contributed by atoms with Gasteiger partial charge in [0.15, 0.2) is 18.1 Å². The summed E-state index contributed by atoms with van der Waals surface area (Å²) in [7, 11) is 1.43. The van der Waals surface area contributed by atoms with Crippen molar-refractivity contribution >= 4 is 56.9 Å². The molecule has 0 aliphatic carbocycles. The molecule has 2 amide bonds. The Morgan fingerprint density at radius 1 is 1.13 bits per heavy atom. The first-order valence-electron chi connectivity index (χ1n) is 8.87. The van der Waals surface area contributed by atoms with Gasteiger partial charge in [0.2, 0.25) is 0 Å². The third-order valence-corrected chi connectivity index (χ3v) is 5.15. The van der Waals surface area contributed by atoms with Crippen LogP contribution in [-0.4, -0.2) is 61.5 Å². The molecular formula is C19H20BrNO8S. The Labute approximate surface area is 185 Å². The lowest BCUT2D eigenvalue weighted by Crippen LogP contribution is -2.34. The minimum absolute atomic E-state index is 0.151. The number of benzene rings is 1. The molecule has 1 aliphatic rings. The molecule has 0 atom stereocenters. The van der Waals surface area contributed by atoms with Crippen LogP contribution in [0.4, 0.5) is 4.79 Å². The zero-order chi connectivity index (χ0) is 22.3. The average molecular weight is 502 g/mol. The van der Waals surface area contributed by atoms with Crippen LogP contribution in [0.1, 0.15) is 19.4 Å². The van der Waals surface area contributed by atoms with E-state index in [-0.39, 0.29) is 30.5 Å². The Hall–Kier alpha value is -2.53. The molecule has 162 valence electrons. The number of hydrogen-bond donors (Lipinski definition) is 0. The summed E-state index contributed by atoms with van der Waals surface area (Å²) >= 11 is 4.07. The fraction of sp³-hybridized carbons (Fsp3) is 0.368. The van der Waals surface area contributed by atoms with Gasteiger partial charge in [-0.25, -0.2) is 4.79 Å². The summed E-state index contributed by atoms with van der Waals surface area (Å²) < 4.78 is 20.9. The molecule has 0 radical (unpaired) electrons. The molecule has 1 aromatic carbocycles. The van der Waals surface area contributed by atoms with E-state index in [1.54, 1.807) is 26.0 Å². The van der Waals surface area contributed by atoms with E-state index in [0.29, 0.717) is 15.8 Å². The number of esters is 2. The third kappa shape index (κ3) is 5.99. The van der Waals surface area contributed by atoms with Crippen LogP contribution >= 0.6 is 27.7 Å². The van der Waals surface area contributed by atoms with Crippen molar-refractivity contribution in [1.82, 2.24) is 4.90 Å². The Balaban J connectivity index is 2.21. The van der Waals surface area contributed by atoms with Crippen LogP contribution in [0.5, 0.6) is 11.5 Å². The maximum Gasteiger partial charge on any atom is 0.344 e. The number of ether oxygens (including phenoxy) is 4. The van der Waals surface area contributed by atoms with Crippen molar-refractivity contribution in [2.45, 2.75) is 13.8 Å². The van der Waals surface area contributed by atoms with E-state index < -0.39 is 29.6 Å². The predicted octanol–water partition coefficient (Wildman–Crippen LogP) is 3.00. The van der Waals surface area contributed by atoms with E-state index in [0.717, 1.165) is 16.7 Å². The molecule has 30 heavy (non-hydrogen) atoms. The zero-order valence-corrected chi connectivity index (χ0v) is 19.0. The Kier molecular flexibility index (Phi) is 8.72. The van der Waals surface area contributed by atoms with E-state index in [2.05, 4.69) is 15.9 Å². The van der Waals surface area contributed by atoms with Crippen LogP contribution in [0.3, 0.4) is 0 Å². The first kappa shape index (κ1) is 23.7. The number of carbonyl (C=O) groups is 4. The smallest absolute Gasteiger partial charge is 0.344 e. The summed E-state index contributed by atoms with van der Waals surface area (Å²) in [6.45, 7) is 2.99. The third-order valence-electron chi connectivity index (χ3n) is 3.66. The minimum Gasteiger partial charge on any atom is -0.493 e. The summed E-state index contributed by atoms with van der Waals surface area (Å²) in [6, 6.07) is 3.23. The van der Waals surface area contributed by atoms with Crippen molar-refractivity contribution in [2.75, 3.05) is 33.5 Å². The quantitative estimate of drug-likeness (QED) is 0.372. The largest absolute Gasteiger partial charge is 0.493 e. The second-order valence-corrected chi connectivity index (χ2v) is 7.55. The Morgan fingerprint density at radius 2 is 1.80 bits per heavy atom. The highest BCUT2D eigenvalue weighted by molar-refractivity contribution is 9.10. The zero-order valence-electron chi connectivity index (χ0n) is 16.6. The summed E-state index contributed by atoms with van der Waals surface area (Å²) in [5.41, 5.74) is 0.545. The van der Waals surface area contributed by atoms with Crippen LogP contribution in [0, 0.1) is 0 Å². The Morgan fingerprint density at radius 3 is 2.43 bits per heavy atom. The normalized spacial score (nSPS) is 14.8. The first-order valence-corrected chi connectivity index (χ1v) is 10.5. The summed E-state index contributed by atoms with van der Waals surface area (Å²) in [5.74, 6) is -1.17. The Bertz CT molecular complexity index is 886. The second kappa shape index (κ2) is 11.0. The highest BCUT2D eigenvalue weighted by atomic mass is 79.9. The van der Waals surface area contributed by atoms with Gasteiger partial charge in [-0.3, -0.25) is 19.3 Å². The lowest BCUT2D eigenvalue weighted by atomic mass is 10.2. The van der Waals surface area contributed by atoms with Gasteiger partial charge in [-0.2, -0.15) is 0 Å². The molecule has 0 aromatic heterocycles. The number of amides is 2. The van der Waals surface area contributed by atoms with Gasteiger partial charge in [0.1, 0.15) is 6.54 Å². The molecular weight excluding hydrogens is 482 g/mol. The van der Waals surface area contributed by atoms with E-state index >= 15 is 0 Å². The van der Waals surface area contributed by atoms with E-state index in [1.165, 1.54) is 13.2 Å². The van der Waals surface area contributed by atoms with Crippen molar-refractivity contribution < 1.29 is 38.1 Å². The topological polar surface area (TPSA) is 108 Å². The van der Waals surface area contributed by atoms with Gasteiger partial charge in [-0.05, 0) is 65.3 Å². The number of nitrogens with zero attached hydrogens (tertiary/aromatic N) is 1. The molecule has 1 saturated heterocycles. The molecule has 9 nitrogen and oxygen atoms in total. The standard InChI is InChI=1S/C19H20BrNO8S/c1-4-27-15(22)9-21-18(24)14(30-19(21)25)8-11-6-12(20)17(13(7-11)26-3)29-10-16(23)28-5-2/h6-8H,4-5,9-10H2,1-3H3/b14-8+. The molecule has 0 unspecified atom stereocenters. The molecule has 1 fully saturated rings. The van der Waals surface area contributed by atoms with Crippen molar-refractivity contribution in [3.8, 4) is 11.5 Å². The predicted molar refractivity (Wildman–Crippen MR) is 112 cm³/mol. The van der Waals surface area contributed by atoms with Gasteiger partial charge >= 0.3 is 11.9 Å². The highest BCUT2D eigenvalue weighted by Crippen LogP contribution is 2.39. The lowest BCUT2D eigenvalue weighted by Gasteiger charge is -2.13. The lowest BCUT2D eigenvalue weighted by molar-refractivity contribution is -0.146. The van der Waals surface area contributed by atoms with Gasteiger partial charge in [0, 0.05) is 0 Å². The maximum absolute atomic E-state index is 12.5. The number of methoxy groups -OCH3 is 1. The number of hydrogen-bond acceptors (Lipinski definition) is 9. The van der Waals surface area contributed by atoms with E-state index in [4.69, 9.17) is 18.9 Å². The van der Waals surface area contributed by atoms with Crippen molar-refractivity contribution in [3.63, 3.8) is 0 Å². The number of rotatable bonds is 9. The maximum atomic E-state index is 12.5. The second-order valence-electron chi connectivity index (χ2n) is 5.70. The molecule has 0 N–H and O–H groups in total. The van der Waals surface area contributed by atoms with Crippen molar-refractivity contribution in [2.24, 2.45) is 0 Å². The van der Waals surface area contributed by atoms with Crippen LogP contribution in [0.2, 0.25) is 0 Å². The SMILES string of the molecule is CCOC(=O)COc1c(Br)cc(/C=C2/SC(=O)N(CC(=O)OCC)C2=O)cc1OC. The highest BCUT2D eigenvalue weighted by Gasteiger charge is 2.36. The molecule has 1 heterocycles. The van der Waals surface area contributed by atoms with Crippen LogP contribution in [-0.2, 0) is 23.9 Å². The van der Waals surface area contributed by atoms with Crippen molar-refractivity contribution in [3.05, 3.63) is 27.1 Å². The monoisotopic (exact) mass is 501 g/mol. The molecule has 1 aliphatic heterocycles. The fourth-order valence-electron chi connectivity index (χ4n) is 2.42. The number of halogens is 1. The van der Waals surface area contributed by atoms with Crippen LogP contribution < -0.4 is 9.47 Å². The van der Waals surface area contributed by atoms with E-state index in [1.807, 2.05) is 0 Å². The number of thioether (sulfide) groups is 1. The van der Waals surface area contributed by atoms with Gasteiger partial charge in [0.05, 0.1) is 29.7 Å². The van der Waals surface area contributed by atoms with E-state index in [9.17, 15) is 19.2 Å². The van der Waals surface area contributed by atoms with Crippen LogP contribution in [0.25, 0.3) is 6.08 Å². The van der Waals surface area contributed by atoms with Gasteiger partial charge in [-0.1, -0.05) is 0 Å². The minimum atomic E-state index is -0.659. The molecule has 2 rings (SSSR count). The first-order chi connectivity index (χ1) is 14.3. The van der Waals surface area contributed by atoms with Gasteiger partial charge in [-0.15, -0.1) is 0 Å². The fourth-order valence-corrected chi connectivity index (χ4v) is 3.83. The summed E-state index contributed by atoms with van der Waals surface area (Å²) in [6.07, 6.45) is 1.50. The summed E-state index contributed by atoms with van der Waals surface area (Å²) in [5, 5.41) is -0.556. The molecule has 0 spiro atoms. The summed E-state index contributed by atoms with van der Waals surface area (Å²) in [4.78, 5) is 48.7. The molecule has 0 saturated carbocycles. The number of carbonyl (C=O) groups excluding carboxylic acids is 4. The molecule has 0 bridgehead atoms. The van der Waals surface area contributed by atoms with Crippen molar-refractivity contribution in [1.29, 1.82) is 0 Å². The molecule has 1 aromatic rings. The number of imide groups is 1. The average Bonchev–Trinajstić information content (AvgIpc) is 2.94. The van der Waals surface area contributed by atoms with Gasteiger partial charge < -0.3 is 18.9 Å². The van der Waals surface area contributed by atoms with Crippen LogP contribution in [0.15, 0.2) is 21.5 Å². The van der Waals surface area contributed by atoms with Gasteiger partial charge in [0.25, 0.3) is 11.1 Å². The molecule has 11 heteroatoms.